The minimum atomic E-state index is -0.455. The van der Waals surface area contributed by atoms with E-state index in [1.807, 2.05) is 0 Å². The monoisotopic (exact) mass is 303 g/mol. The van der Waals surface area contributed by atoms with Crippen LogP contribution in [0.4, 0.5) is 0 Å². The van der Waals surface area contributed by atoms with E-state index in [2.05, 4.69) is 15.8 Å². The molecule has 5 nitrogen and oxygen atoms in total. The van der Waals surface area contributed by atoms with Crippen LogP contribution in [0.2, 0.25) is 5.02 Å². The van der Waals surface area contributed by atoms with Gasteiger partial charge in [-0.2, -0.15) is 0 Å². The Kier molecular flexibility index (Phi) is 4.90. The molecule has 0 fully saturated rings. The maximum absolute atomic E-state index is 11.8. The number of rotatable bonds is 3. The molecular formula is C15H14ClN3O2. The second kappa shape index (κ2) is 6.85. The zero-order chi connectivity index (χ0) is 15.2. The van der Waals surface area contributed by atoms with Crippen molar-refractivity contribution in [2.24, 2.45) is 0 Å². The number of hydrogen-bond donors (Lipinski definition) is 2. The molecule has 0 aliphatic rings. The zero-order valence-electron chi connectivity index (χ0n) is 11.4. The molecule has 2 N–H and O–H groups in total. The van der Waals surface area contributed by atoms with Crippen LogP contribution in [-0.2, 0) is 11.2 Å². The highest BCUT2D eigenvalue weighted by molar-refractivity contribution is 6.30. The summed E-state index contributed by atoms with van der Waals surface area (Å²) in [5.74, 6) is -0.776. The second-order valence-corrected chi connectivity index (χ2v) is 4.91. The Bertz CT molecular complexity index is 656. The van der Waals surface area contributed by atoms with Crippen LogP contribution in [0.5, 0.6) is 0 Å². The highest BCUT2D eigenvalue weighted by atomic mass is 35.5. The smallest absolute Gasteiger partial charge is 0.273 e. The molecule has 0 saturated carbocycles. The van der Waals surface area contributed by atoms with Gasteiger partial charge in [0.1, 0.15) is 5.69 Å². The third-order valence-electron chi connectivity index (χ3n) is 2.71. The standard InChI is InChI=1S/C15H14ClN3O2/c1-10-3-2-4-13(17-10)15(21)19-18-14(20)9-11-5-7-12(16)8-6-11/h2-8H,9H2,1H3,(H,18,20)(H,19,21). The van der Waals surface area contributed by atoms with Gasteiger partial charge < -0.3 is 0 Å². The Labute approximate surface area is 127 Å². The first-order valence-electron chi connectivity index (χ1n) is 6.32. The van der Waals surface area contributed by atoms with E-state index in [0.717, 1.165) is 11.3 Å². The van der Waals surface area contributed by atoms with E-state index >= 15 is 0 Å². The number of carbonyl (C=O) groups excluding carboxylic acids is 2. The summed E-state index contributed by atoms with van der Waals surface area (Å²) in [6.45, 7) is 1.79. The molecule has 0 bridgehead atoms. The fourth-order valence-corrected chi connectivity index (χ4v) is 1.82. The number of hydrazine groups is 1. The molecule has 1 heterocycles. The summed E-state index contributed by atoms with van der Waals surface area (Å²) in [6.07, 6.45) is 0.151. The van der Waals surface area contributed by atoms with Crippen LogP contribution in [0.15, 0.2) is 42.5 Å². The van der Waals surface area contributed by atoms with Gasteiger partial charge in [0.15, 0.2) is 0 Å². The molecule has 0 unspecified atom stereocenters. The van der Waals surface area contributed by atoms with Gasteiger partial charge in [-0.15, -0.1) is 0 Å². The van der Waals surface area contributed by atoms with Gasteiger partial charge in [0, 0.05) is 10.7 Å². The second-order valence-electron chi connectivity index (χ2n) is 4.47. The van der Waals surface area contributed by atoms with Gasteiger partial charge in [-0.05, 0) is 36.8 Å². The lowest BCUT2D eigenvalue weighted by Gasteiger charge is -2.07. The number of carbonyl (C=O) groups is 2. The number of nitrogens with one attached hydrogen (secondary N) is 2. The van der Waals surface area contributed by atoms with Crippen molar-refractivity contribution in [2.75, 3.05) is 0 Å². The van der Waals surface area contributed by atoms with Crippen LogP contribution in [0.3, 0.4) is 0 Å². The highest BCUT2D eigenvalue weighted by Gasteiger charge is 2.09. The molecule has 21 heavy (non-hydrogen) atoms. The number of amides is 2. The van der Waals surface area contributed by atoms with Crippen LogP contribution in [0.1, 0.15) is 21.7 Å². The molecule has 108 valence electrons. The number of nitrogens with zero attached hydrogens (tertiary/aromatic N) is 1. The molecule has 1 aromatic carbocycles. The summed E-state index contributed by atoms with van der Waals surface area (Å²) in [5, 5.41) is 0.609. The summed E-state index contributed by atoms with van der Waals surface area (Å²) >= 11 is 5.77. The molecule has 0 aliphatic carbocycles. The third-order valence-corrected chi connectivity index (χ3v) is 2.97. The number of aryl methyl sites for hydroxylation is 1. The first-order chi connectivity index (χ1) is 10.0. The lowest BCUT2D eigenvalue weighted by Crippen LogP contribution is -2.42. The van der Waals surface area contributed by atoms with E-state index in [1.165, 1.54) is 0 Å². The number of pyridine rings is 1. The van der Waals surface area contributed by atoms with Crippen molar-refractivity contribution in [1.82, 2.24) is 15.8 Å². The van der Waals surface area contributed by atoms with Crippen molar-refractivity contribution in [3.05, 3.63) is 64.4 Å². The largest absolute Gasteiger partial charge is 0.288 e. The molecule has 6 heteroatoms. The first kappa shape index (κ1) is 15.0. The molecule has 0 radical (unpaired) electrons. The van der Waals surface area contributed by atoms with Gasteiger partial charge in [-0.1, -0.05) is 29.8 Å². The molecule has 2 aromatic rings. The maximum Gasteiger partial charge on any atom is 0.288 e. The fourth-order valence-electron chi connectivity index (χ4n) is 1.69. The zero-order valence-corrected chi connectivity index (χ0v) is 12.1. The van der Waals surface area contributed by atoms with Crippen molar-refractivity contribution in [3.8, 4) is 0 Å². The molecule has 0 spiro atoms. The molecule has 0 aliphatic heterocycles. The lowest BCUT2D eigenvalue weighted by molar-refractivity contribution is -0.121. The minimum absolute atomic E-state index is 0.151. The van der Waals surface area contributed by atoms with Crippen LogP contribution < -0.4 is 10.9 Å². The summed E-state index contributed by atoms with van der Waals surface area (Å²) in [7, 11) is 0. The Balaban J connectivity index is 1.86. The Morgan fingerprint density at radius 3 is 2.48 bits per heavy atom. The van der Waals surface area contributed by atoms with Crippen molar-refractivity contribution < 1.29 is 9.59 Å². The van der Waals surface area contributed by atoms with Gasteiger partial charge in [0.05, 0.1) is 6.42 Å². The van der Waals surface area contributed by atoms with Crippen LogP contribution in [0, 0.1) is 6.92 Å². The fraction of sp³-hybridized carbons (Fsp3) is 0.133. The number of hydrogen-bond acceptors (Lipinski definition) is 3. The van der Waals surface area contributed by atoms with E-state index in [0.29, 0.717) is 5.02 Å². The van der Waals surface area contributed by atoms with E-state index in [1.54, 1.807) is 49.4 Å². The number of benzene rings is 1. The van der Waals surface area contributed by atoms with E-state index in [9.17, 15) is 9.59 Å². The Morgan fingerprint density at radius 1 is 1.10 bits per heavy atom. The quantitative estimate of drug-likeness (QED) is 0.853. The molecular weight excluding hydrogens is 290 g/mol. The minimum Gasteiger partial charge on any atom is -0.273 e. The molecule has 1 aromatic heterocycles. The van der Waals surface area contributed by atoms with Gasteiger partial charge >= 0.3 is 0 Å². The van der Waals surface area contributed by atoms with Crippen LogP contribution >= 0.6 is 11.6 Å². The predicted molar refractivity (Wildman–Crippen MR) is 79.7 cm³/mol. The van der Waals surface area contributed by atoms with E-state index < -0.39 is 5.91 Å². The first-order valence-corrected chi connectivity index (χ1v) is 6.69. The topological polar surface area (TPSA) is 71.1 Å². The van der Waals surface area contributed by atoms with E-state index in [4.69, 9.17) is 11.6 Å². The number of aromatic nitrogens is 1. The molecule has 2 rings (SSSR count). The van der Waals surface area contributed by atoms with Crippen molar-refractivity contribution in [3.63, 3.8) is 0 Å². The van der Waals surface area contributed by atoms with Crippen LogP contribution in [0.25, 0.3) is 0 Å². The van der Waals surface area contributed by atoms with E-state index in [-0.39, 0.29) is 18.0 Å². The summed E-state index contributed by atoms with van der Waals surface area (Å²) in [6, 6.07) is 12.0. The Morgan fingerprint density at radius 2 is 1.81 bits per heavy atom. The van der Waals surface area contributed by atoms with Crippen LogP contribution in [-0.4, -0.2) is 16.8 Å². The van der Waals surface area contributed by atoms with Gasteiger partial charge in [-0.3, -0.25) is 20.4 Å². The molecule has 0 atom stereocenters. The SMILES string of the molecule is Cc1cccc(C(=O)NNC(=O)Cc2ccc(Cl)cc2)n1. The van der Waals surface area contributed by atoms with Crippen molar-refractivity contribution in [2.45, 2.75) is 13.3 Å². The average molecular weight is 304 g/mol. The van der Waals surface area contributed by atoms with Gasteiger partial charge in [0.25, 0.3) is 5.91 Å². The average Bonchev–Trinajstić information content (AvgIpc) is 2.47. The summed E-state index contributed by atoms with van der Waals surface area (Å²) in [4.78, 5) is 27.6. The highest BCUT2D eigenvalue weighted by Crippen LogP contribution is 2.09. The van der Waals surface area contributed by atoms with Gasteiger partial charge in [0.2, 0.25) is 5.91 Å². The number of halogens is 1. The predicted octanol–water partition coefficient (Wildman–Crippen LogP) is 2.05. The maximum atomic E-state index is 11.8. The third kappa shape index (κ3) is 4.57. The van der Waals surface area contributed by atoms with Gasteiger partial charge in [-0.25, -0.2) is 4.98 Å². The molecule has 2 amide bonds. The normalized spacial score (nSPS) is 10.0. The lowest BCUT2D eigenvalue weighted by atomic mass is 10.1. The van der Waals surface area contributed by atoms with Crippen molar-refractivity contribution in [1.29, 1.82) is 0 Å². The summed E-state index contributed by atoms with van der Waals surface area (Å²) < 4.78 is 0. The molecule has 0 saturated heterocycles. The van der Waals surface area contributed by atoms with Crippen molar-refractivity contribution >= 4 is 23.4 Å². The summed E-state index contributed by atoms with van der Waals surface area (Å²) in [5.41, 5.74) is 6.47. The Hall–Kier alpha value is -2.40.